The first-order chi connectivity index (χ1) is 3.29. The van der Waals surface area contributed by atoms with Crippen molar-refractivity contribution >= 4 is 34.9 Å². The summed E-state index contributed by atoms with van der Waals surface area (Å²) in [7, 11) is 0. The quantitative estimate of drug-likeness (QED) is 0.317. The van der Waals surface area contributed by atoms with E-state index in [1.165, 1.54) is 0 Å². The van der Waals surface area contributed by atoms with Crippen molar-refractivity contribution in [3.8, 4) is 0 Å². The molecule has 8 heavy (non-hydrogen) atoms. The van der Waals surface area contributed by atoms with Crippen LogP contribution in [0.2, 0.25) is 0 Å². The molecule has 0 bridgehead atoms. The lowest BCUT2D eigenvalue weighted by molar-refractivity contribution is -0.124. The number of nitrogens with one attached hydrogen (secondary N) is 1. The highest BCUT2D eigenvalue weighted by molar-refractivity contribution is 6.01. The zero-order chi connectivity index (χ0) is 5.28. The van der Waals surface area contributed by atoms with Gasteiger partial charge in [-0.1, -0.05) is 0 Å². The van der Waals surface area contributed by atoms with E-state index in [1.807, 2.05) is 0 Å². The lowest BCUT2D eigenvalue weighted by Crippen LogP contribution is -2.18. The van der Waals surface area contributed by atoms with Gasteiger partial charge in [0.25, 0.3) is 0 Å². The Hall–Kier alpha value is -0.0938. The van der Waals surface area contributed by atoms with Crippen LogP contribution in [0.4, 0.5) is 0 Å². The predicted molar refractivity (Wildman–Crippen MR) is 30.9 cm³/mol. The van der Waals surface area contributed by atoms with E-state index in [0.717, 1.165) is 0 Å². The summed E-state index contributed by atoms with van der Waals surface area (Å²) in [6.45, 7) is 0. The van der Waals surface area contributed by atoms with Crippen LogP contribution in [0.3, 0.4) is 0 Å². The molecule has 0 atom stereocenters. The fraction of sp³-hybridized carbons (Fsp3) is 0.500. The van der Waals surface area contributed by atoms with Crippen LogP contribution >= 0.6 is 0 Å². The third-order valence-electron chi connectivity index (χ3n) is 0.858. The third kappa shape index (κ3) is 1.79. The lowest BCUT2D eigenvalue weighted by atomic mass is 10.4. The average molecular weight is 125 g/mol. The van der Waals surface area contributed by atoms with E-state index in [9.17, 15) is 9.59 Å². The number of carbonyl (C=O) groups excluding carboxylic acids is 2. The lowest BCUT2D eigenvalue weighted by Gasteiger charge is -1.79. The van der Waals surface area contributed by atoms with Crippen LogP contribution in [0.25, 0.3) is 0 Å². The molecule has 1 fully saturated rings. The van der Waals surface area contributed by atoms with Crippen LogP contribution in [-0.4, -0.2) is 34.9 Å². The second-order valence-corrected chi connectivity index (χ2v) is 1.47. The van der Waals surface area contributed by atoms with Gasteiger partial charge in [-0.25, -0.2) is 0 Å². The van der Waals surface area contributed by atoms with Gasteiger partial charge in [-0.2, -0.15) is 0 Å². The molecule has 0 spiro atoms. The molecule has 0 aromatic carbocycles. The van der Waals surface area contributed by atoms with Gasteiger partial charge in [0.2, 0.25) is 11.8 Å². The fourth-order valence-corrected chi connectivity index (χ4v) is 0.508. The van der Waals surface area contributed by atoms with Crippen molar-refractivity contribution in [1.29, 1.82) is 0 Å². The topological polar surface area (TPSA) is 46.2 Å². The van der Waals surface area contributed by atoms with E-state index in [-0.39, 0.29) is 34.9 Å². The smallest absolute Gasteiger partial charge is 0.296 e. The summed E-state index contributed by atoms with van der Waals surface area (Å²) in [5, 5.41) is 2.14. The van der Waals surface area contributed by atoms with Crippen molar-refractivity contribution in [2.24, 2.45) is 0 Å². The molecule has 4 heteroatoms. The number of hydrogen-bond acceptors (Lipinski definition) is 2. The van der Waals surface area contributed by atoms with E-state index >= 15 is 0 Å². The van der Waals surface area contributed by atoms with Gasteiger partial charge < -0.3 is 0 Å². The molecule has 1 aliphatic rings. The normalized spacial score (nSPS) is 17.5. The van der Waals surface area contributed by atoms with E-state index in [4.69, 9.17) is 0 Å². The zero-order valence-electron chi connectivity index (χ0n) is 3.73. The molecule has 1 N–H and O–H groups in total. The maximum atomic E-state index is 10.1. The van der Waals surface area contributed by atoms with Gasteiger partial charge >= 0.3 is 23.1 Å². The largest absolute Gasteiger partial charge is 0.316 e. The summed E-state index contributed by atoms with van der Waals surface area (Å²) in [6.07, 6.45) is 0.748. The van der Waals surface area contributed by atoms with Gasteiger partial charge in [0, 0.05) is 12.8 Å². The Labute approximate surface area is 63.0 Å². The zero-order valence-corrected chi connectivity index (χ0v) is 3.73. The molecule has 0 unspecified atom stereocenters. The van der Waals surface area contributed by atoms with E-state index in [1.54, 1.807) is 0 Å². The Bertz CT molecular complexity index is 109. The van der Waals surface area contributed by atoms with Crippen molar-refractivity contribution in [2.75, 3.05) is 0 Å². The molecule has 2 amide bonds. The number of carbonyl (C=O) groups is 2. The molecule has 0 aromatic rings. The summed E-state index contributed by atoms with van der Waals surface area (Å²) in [4.78, 5) is 20.2. The number of hydrogen-bond donors (Lipinski definition) is 1. The van der Waals surface area contributed by atoms with E-state index < -0.39 is 0 Å². The summed E-state index contributed by atoms with van der Waals surface area (Å²) in [5.41, 5.74) is 0. The van der Waals surface area contributed by atoms with Crippen molar-refractivity contribution < 1.29 is 9.59 Å². The molecular formula is C4H7MgNO2. The molecule has 1 rings (SSSR count). The van der Waals surface area contributed by atoms with Crippen LogP contribution in [0.15, 0.2) is 0 Å². The van der Waals surface area contributed by atoms with Gasteiger partial charge in [0.1, 0.15) is 0 Å². The minimum atomic E-state index is -0.148. The number of imide groups is 1. The van der Waals surface area contributed by atoms with E-state index in [2.05, 4.69) is 5.32 Å². The molecule has 0 aromatic heterocycles. The maximum absolute atomic E-state index is 10.1. The van der Waals surface area contributed by atoms with Crippen LogP contribution in [-0.2, 0) is 9.59 Å². The second-order valence-electron chi connectivity index (χ2n) is 1.47. The van der Waals surface area contributed by atoms with Crippen LogP contribution in [0.1, 0.15) is 12.8 Å². The molecule has 1 saturated heterocycles. The highest BCUT2D eigenvalue weighted by Gasteiger charge is 2.15. The summed E-state index contributed by atoms with van der Waals surface area (Å²) < 4.78 is 0. The van der Waals surface area contributed by atoms with Gasteiger partial charge in [-0.05, 0) is 0 Å². The van der Waals surface area contributed by atoms with Crippen molar-refractivity contribution in [2.45, 2.75) is 12.8 Å². The van der Waals surface area contributed by atoms with Gasteiger partial charge in [0.15, 0.2) is 0 Å². The fourth-order valence-electron chi connectivity index (χ4n) is 0.508. The first kappa shape index (κ1) is 7.91. The molecule has 0 saturated carbocycles. The first-order valence-electron chi connectivity index (χ1n) is 2.12. The predicted octanol–water partition coefficient (Wildman–Crippen LogP) is -1.49. The molecule has 3 nitrogen and oxygen atoms in total. The standard InChI is InChI=1S/C4H5NO2.Mg.2H/c6-3-1-2-4(7)5-3;;;/h1-2H2,(H,5,6,7);;;. The third-order valence-corrected chi connectivity index (χ3v) is 0.858. The Morgan fingerprint density at radius 3 is 1.62 bits per heavy atom. The minimum Gasteiger partial charge on any atom is -0.296 e. The molecule has 42 valence electrons. The Kier molecular flexibility index (Phi) is 3.00. The highest BCUT2D eigenvalue weighted by atomic mass is 24.3. The van der Waals surface area contributed by atoms with Crippen LogP contribution < -0.4 is 5.32 Å². The molecule has 0 radical (unpaired) electrons. The first-order valence-corrected chi connectivity index (χ1v) is 2.12. The molecular weight excluding hydrogens is 118 g/mol. The number of rotatable bonds is 0. The maximum Gasteiger partial charge on any atom is 0.316 e. The van der Waals surface area contributed by atoms with Crippen LogP contribution in [0, 0.1) is 0 Å². The highest BCUT2D eigenvalue weighted by Crippen LogP contribution is 1.95. The van der Waals surface area contributed by atoms with Crippen LogP contribution in [0.5, 0.6) is 0 Å². The van der Waals surface area contributed by atoms with Gasteiger partial charge in [-0.15, -0.1) is 0 Å². The molecule has 0 aliphatic carbocycles. The summed E-state index contributed by atoms with van der Waals surface area (Å²) in [6, 6.07) is 0. The van der Waals surface area contributed by atoms with Crippen molar-refractivity contribution in [3.63, 3.8) is 0 Å². The van der Waals surface area contributed by atoms with Crippen molar-refractivity contribution in [1.82, 2.24) is 5.32 Å². The van der Waals surface area contributed by atoms with Crippen molar-refractivity contribution in [3.05, 3.63) is 0 Å². The Balaban J connectivity index is 0.000000490. The van der Waals surface area contributed by atoms with E-state index in [0.29, 0.717) is 12.8 Å². The average Bonchev–Trinajstić information content (AvgIpc) is 1.87. The monoisotopic (exact) mass is 125 g/mol. The SMILES string of the molecule is O=C1CCC(=O)N1.[MgH2]. The second kappa shape index (κ2) is 3.04. The number of amides is 2. The molecule has 1 aliphatic heterocycles. The molecule has 1 heterocycles. The Morgan fingerprint density at radius 1 is 1.12 bits per heavy atom. The van der Waals surface area contributed by atoms with Gasteiger partial charge in [0.05, 0.1) is 0 Å². The Morgan fingerprint density at radius 2 is 1.50 bits per heavy atom. The summed E-state index contributed by atoms with van der Waals surface area (Å²) in [5.74, 6) is -0.296. The van der Waals surface area contributed by atoms with Gasteiger partial charge in [-0.3, -0.25) is 14.9 Å². The minimum absolute atomic E-state index is 0. The summed E-state index contributed by atoms with van der Waals surface area (Å²) >= 11 is 0.